The average Bonchev–Trinajstić information content (AvgIpc) is 2.35. The molecule has 0 spiro atoms. The van der Waals surface area contributed by atoms with Crippen LogP contribution in [0.25, 0.3) is 0 Å². The van der Waals surface area contributed by atoms with Gasteiger partial charge >= 0.3 is 6.09 Å². The number of carbonyl (C=O) groups is 3. The lowest BCUT2D eigenvalue weighted by Crippen LogP contribution is -2.44. The number of ether oxygens (including phenoxy) is 1. The molecule has 1 atom stereocenters. The van der Waals surface area contributed by atoms with Crippen molar-refractivity contribution >= 4 is 17.7 Å². The van der Waals surface area contributed by atoms with Gasteiger partial charge in [-0.1, -0.05) is 0 Å². The van der Waals surface area contributed by atoms with Crippen molar-refractivity contribution in [3.05, 3.63) is 0 Å². The fraction of sp³-hybridized carbons (Fsp3) is 0.800. The van der Waals surface area contributed by atoms with E-state index in [9.17, 15) is 14.4 Å². The Bertz CT molecular complexity index is 389. The lowest BCUT2D eigenvalue weighted by atomic mass is 9.85. The van der Waals surface area contributed by atoms with Crippen LogP contribution in [0.4, 0.5) is 4.79 Å². The fourth-order valence-electron chi connectivity index (χ4n) is 2.23. The van der Waals surface area contributed by atoms with Gasteiger partial charge in [0.25, 0.3) is 0 Å². The van der Waals surface area contributed by atoms with Crippen LogP contribution in [0.2, 0.25) is 0 Å². The average molecular weight is 283 g/mol. The van der Waals surface area contributed by atoms with E-state index in [2.05, 4.69) is 0 Å². The van der Waals surface area contributed by atoms with E-state index in [1.54, 1.807) is 11.8 Å². The third-order valence-electron chi connectivity index (χ3n) is 3.59. The van der Waals surface area contributed by atoms with Crippen LogP contribution in [-0.2, 0) is 14.3 Å². The number of amides is 1. The van der Waals surface area contributed by atoms with Gasteiger partial charge in [0.15, 0.2) is 0 Å². The number of ketones is 2. The molecule has 5 heteroatoms. The second-order valence-corrected chi connectivity index (χ2v) is 6.48. The van der Waals surface area contributed by atoms with Crippen LogP contribution in [0.15, 0.2) is 0 Å². The number of likely N-dealkylation sites (tertiary alicyclic amines) is 1. The van der Waals surface area contributed by atoms with Crippen molar-refractivity contribution in [3.63, 3.8) is 0 Å². The summed E-state index contributed by atoms with van der Waals surface area (Å²) in [5.41, 5.74) is -0.507. The van der Waals surface area contributed by atoms with Gasteiger partial charge in [0, 0.05) is 19.0 Å². The Morgan fingerprint density at radius 1 is 1.15 bits per heavy atom. The van der Waals surface area contributed by atoms with Crippen molar-refractivity contribution in [1.29, 1.82) is 0 Å². The molecule has 1 fully saturated rings. The molecule has 0 aromatic carbocycles. The third-order valence-corrected chi connectivity index (χ3v) is 3.59. The number of piperidine rings is 1. The molecule has 1 rings (SSSR count). The van der Waals surface area contributed by atoms with Crippen LogP contribution in [0.3, 0.4) is 0 Å². The molecule has 1 amide bonds. The summed E-state index contributed by atoms with van der Waals surface area (Å²) in [6.07, 6.45) is 0.883. The molecule has 0 saturated carbocycles. The molecule has 1 saturated heterocycles. The van der Waals surface area contributed by atoms with Gasteiger partial charge in [-0.3, -0.25) is 9.59 Å². The summed E-state index contributed by atoms with van der Waals surface area (Å²) in [6, 6.07) is 0. The molecule has 0 aromatic heterocycles. The number of carbonyl (C=O) groups excluding carboxylic acids is 3. The van der Waals surface area contributed by atoms with Crippen molar-refractivity contribution in [2.45, 2.75) is 53.1 Å². The largest absolute Gasteiger partial charge is 0.444 e. The van der Waals surface area contributed by atoms with Crippen molar-refractivity contribution in [2.24, 2.45) is 11.8 Å². The van der Waals surface area contributed by atoms with Gasteiger partial charge in [-0.05, 0) is 47.5 Å². The molecule has 0 N–H and O–H groups in total. The molecule has 1 aliphatic heterocycles. The minimum Gasteiger partial charge on any atom is -0.444 e. The molecule has 1 aliphatic rings. The minimum atomic E-state index is -0.534. The Balaban J connectivity index is 2.50. The molecule has 1 unspecified atom stereocenters. The summed E-state index contributed by atoms with van der Waals surface area (Å²) >= 11 is 0. The lowest BCUT2D eigenvalue weighted by molar-refractivity contribution is -0.134. The SMILES string of the molecule is CC(=O)C(C)C(=O)C1CCN(C(=O)OC(C)(C)C)CC1. The minimum absolute atomic E-state index is 0.00124. The zero-order valence-electron chi connectivity index (χ0n) is 13.1. The fourth-order valence-corrected chi connectivity index (χ4v) is 2.23. The maximum Gasteiger partial charge on any atom is 0.410 e. The number of hydrogen-bond donors (Lipinski definition) is 0. The van der Waals surface area contributed by atoms with Gasteiger partial charge in [0.2, 0.25) is 0 Å². The summed E-state index contributed by atoms with van der Waals surface area (Å²) in [4.78, 5) is 36.9. The van der Waals surface area contributed by atoms with Gasteiger partial charge in [0.1, 0.15) is 17.2 Å². The topological polar surface area (TPSA) is 63.7 Å². The second-order valence-electron chi connectivity index (χ2n) is 6.48. The van der Waals surface area contributed by atoms with Crippen LogP contribution in [0, 0.1) is 11.8 Å². The van der Waals surface area contributed by atoms with Crippen molar-refractivity contribution in [3.8, 4) is 0 Å². The van der Waals surface area contributed by atoms with Gasteiger partial charge in [-0.2, -0.15) is 0 Å². The molecule has 20 heavy (non-hydrogen) atoms. The van der Waals surface area contributed by atoms with E-state index in [0.717, 1.165) is 0 Å². The van der Waals surface area contributed by atoms with Crippen LogP contribution >= 0.6 is 0 Å². The summed E-state index contributed by atoms with van der Waals surface area (Å²) in [6.45, 7) is 9.61. The summed E-state index contributed by atoms with van der Waals surface area (Å²) < 4.78 is 5.31. The van der Waals surface area contributed by atoms with Crippen LogP contribution in [0.5, 0.6) is 0 Å². The molecule has 0 aromatic rings. The summed E-state index contributed by atoms with van der Waals surface area (Å²) in [7, 11) is 0. The molecular weight excluding hydrogens is 258 g/mol. The summed E-state index contributed by atoms with van der Waals surface area (Å²) in [5.74, 6) is -0.744. The van der Waals surface area contributed by atoms with E-state index in [1.165, 1.54) is 6.92 Å². The highest BCUT2D eigenvalue weighted by atomic mass is 16.6. The summed E-state index contributed by atoms with van der Waals surface area (Å²) in [5, 5.41) is 0. The normalized spacial score (nSPS) is 18.6. The third kappa shape index (κ3) is 4.62. The monoisotopic (exact) mass is 283 g/mol. The van der Waals surface area contributed by atoms with Crippen molar-refractivity contribution in [1.82, 2.24) is 4.90 Å². The zero-order chi connectivity index (χ0) is 15.5. The first-order chi connectivity index (χ1) is 9.11. The molecule has 0 bridgehead atoms. The smallest absolute Gasteiger partial charge is 0.410 e. The predicted octanol–water partition coefficient (Wildman–Crippen LogP) is 2.43. The maximum atomic E-state index is 12.1. The van der Waals surface area contributed by atoms with Crippen molar-refractivity contribution in [2.75, 3.05) is 13.1 Å². The molecule has 0 radical (unpaired) electrons. The number of Topliss-reactive ketones (excluding diaryl/α,β-unsaturated/α-hetero) is 2. The first-order valence-electron chi connectivity index (χ1n) is 7.14. The maximum absolute atomic E-state index is 12.1. The molecule has 114 valence electrons. The van der Waals surface area contributed by atoms with E-state index in [0.29, 0.717) is 25.9 Å². The lowest BCUT2D eigenvalue weighted by Gasteiger charge is -2.33. The van der Waals surface area contributed by atoms with Gasteiger partial charge in [0.05, 0.1) is 5.92 Å². The molecular formula is C15H25NO4. The molecule has 5 nitrogen and oxygen atoms in total. The molecule has 1 heterocycles. The highest BCUT2D eigenvalue weighted by Gasteiger charge is 2.32. The van der Waals surface area contributed by atoms with E-state index >= 15 is 0 Å². The van der Waals surface area contributed by atoms with Crippen LogP contribution < -0.4 is 0 Å². The standard InChI is InChI=1S/C15H25NO4/c1-10(11(2)17)13(18)12-6-8-16(9-7-12)14(19)20-15(3,4)5/h10,12H,6-9H2,1-5H3. The Morgan fingerprint density at radius 2 is 1.65 bits per heavy atom. The number of nitrogens with zero attached hydrogens (tertiary/aromatic N) is 1. The van der Waals surface area contributed by atoms with E-state index in [-0.39, 0.29) is 23.6 Å². The Morgan fingerprint density at radius 3 is 2.05 bits per heavy atom. The van der Waals surface area contributed by atoms with E-state index in [1.807, 2.05) is 20.8 Å². The first-order valence-corrected chi connectivity index (χ1v) is 7.14. The Hall–Kier alpha value is -1.39. The van der Waals surface area contributed by atoms with Crippen LogP contribution in [-0.4, -0.2) is 41.3 Å². The Labute approximate surface area is 120 Å². The van der Waals surface area contributed by atoms with Crippen LogP contribution in [0.1, 0.15) is 47.5 Å². The number of rotatable bonds is 3. The first kappa shape index (κ1) is 16.7. The zero-order valence-corrected chi connectivity index (χ0v) is 13.1. The quantitative estimate of drug-likeness (QED) is 0.746. The Kier molecular flexibility index (Phi) is 5.31. The highest BCUT2D eigenvalue weighted by Crippen LogP contribution is 2.23. The molecule has 0 aliphatic carbocycles. The van der Waals surface area contributed by atoms with E-state index < -0.39 is 11.5 Å². The highest BCUT2D eigenvalue weighted by molar-refractivity contribution is 6.02. The second kappa shape index (κ2) is 6.37. The van der Waals surface area contributed by atoms with Gasteiger partial charge < -0.3 is 9.64 Å². The number of hydrogen-bond acceptors (Lipinski definition) is 4. The van der Waals surface area contributed by atoms with Crippen molar-refractivity contribution < 1.29 is 19.1 Å². The van der Waals surface area contributed by atoms with E-state index in [4.69, 9.17) is 4.74 Å². The predicted molar refractivity (Wildman–Crippen MR) is 75.4 cm³/mol. The van der Waals surface area contributed by atoms with Gasteiger partial charge in [-0.15, -0.1) is 0 Å². The van der Waals surface area contributed by atoms with Gasteiger partial charge in [-0.25, -0.2) is 4.79 Å².